The van der Waals surface area contributed by atoms with Gasteiger partial charge in [-0.15, -0.1) is 0 Å². The zero-order valence-electron chi connectivity index (χ0n) is 16.6. The van der Waals surface area contributed by atoms with E-state index in [9.17, 15) is 14.4 Å². The molecule has 4 aliphatic rings. The number of anilines is 1. The molecular formula is C22H28N4O3. The second kappa shape index (κ2) is 7.35. The minimum atomic E-state index is -0.366. The van der Waals surface area contributed by atoms with Gasteiger partial charge < -0.3 is 20.9 Å². The summed E-state index contributed by atoms with van der Waals surface area (Å²) in [5.41, 5.74) is 2.92. The predicted molar refractivity (Wildman–Crippen MR) is 108 cm³/mol. The zero-order chi connectivity index (χ0) is 20.0. The summed E-state index contributed by atoms with van der Waals surface area (Å²) in [5.74, 6) is 0.561. The topological polar surface area (TPSA) is 90.5 Å². The number of rotatable bonds is 3. The maximum absolute atomic E-state index is 13.1. The van der Waals surface area contributed by atoms with Crippen LogP contribution < -0.4 is 16.0 Å². The molecule has 1 aromatic carbocycles. The van der Waals surface area contributed by atoms with Crippen molar-refractivity contribution in [3.05, 3.63) is 29.3 Å². The van der Waals surface area contributed by atoms with E-state index in [2.05, 4.69) is 22.0 Å². The quantitative estimate of drug-likeness (QED) is 0.718. The molecule has 7 nitrogen and oxygen atoms in total. The van der Waals surface area contributed by atoms with Gasteiger partial charge in [-0.1, -0.05) is 12.1 Å². The Hall–Kier alpha value is -2.57. The summed E-state index contributed by atoms with van der Waals surface area (Å²) in [7, 11) is 0. The average molecular weight is 396 g/mol. The van der Waals surface area contributed by atoms with Crippen LogP contribution >= 0.6 is 0 Å². The lowest BCUT2D eigenvalue weighted by Gasteiger charge is -2.39. The maximum Gasteiger partial charge on any atom is 0.253 e. The molecule has 154 valence electrons. The number of nitrogens with zero attached hydrogens (tertiary/aromatic N) is 1. The highest BCUT2D eigenvalue weighted by Gasteiger charge is 2.45. The summed E-state index contributed by atoms with van der Waals surface area (Å²) < 4.78 is 0. The molecule has 1 aliphatic carbocycles. The van der Waals surface area contributed by atoms with E-state index in [0.29, 0.717) is 25.9 Å². The molecule has 3 amide bonds. The van der Waals surface area contributed by atoms with Crippen molar-refractivity contribution in [2.45, 2.75) is 50.6 Å². The van der Waals surface area contributed by atoms with Crippen LogP contribution in [0.15, 0.2) is 18.2 Å². The van der Waals surface area contributed by atoms with Crippen LogP contribution in [0.5, 0.6) is 0 Å². The van der Waals surface area contributed by atoms with Gasteiger partial charge in [-0.2, -0.15) is 0 Å². The van der Waals surface area contributed by atoms with Gasteiger partial charge in [0.25, 0.3) is 5.91 Å². The fourth-order valence-electron chi connectivity index (χ4n) is 5.59. The summed E-state index contributed by atoms with van der Waals surface area (Å²) in [4.78, 5) is 39.2. The van der Waals surface area contributed by atoms with Gasteiger partial charge in [0, 0.05) is 32.1 Å². The highest BCUT2D eigenvalue weighted by atomic mass is 16.2. The van der Waals surface area contributed by atoms with Gasteiger partial charge in [0.1, 0.15) is 6.04 Å². The van der Waals surface area contributed by atoms with E-state index in [-0.39, 0.29) is 41.6 Å². The number of amides is 3. The Morgan fingerprint density at radius 1 is 1.07 bits per heavy atom. The number of piperidine rings is 1. The standard InChI is InChI=1S/C22H28N4O3/c27-18-9-8-17(24-18)22(29)26-11-14-6-7-15(12-26)19(14)25-21(28)16-5-1-3-13-4-2-10-23-20(13)16/h1,3,5,14-15,17,19,23H,2,4,6-12H2,(H,24,27)(H,25,28)/t14-,15+,17?,19?. The first-order valence-electron chi connectivity index (χ1n) is 10.8. The first-order chi connectivity index (χ1) is 14.1. The van der Waals surface area contributed by atoms with E-state index in [0.717, 1.165) is 43.5 Å². The molecule has 3 fully saturated rings. The van der Waals surface area contributed by atoms with Crippen molar-refractivity contribution in [2.24, 2.45) is 11.8 Å². The summed E-state index contributed by atoms with van der Waals surface area (Å²) in [6, 6.07) is 5.70. The van der Waals surface area contributed by atoms with Crippen molar-refractivity contribution in [3.63, 3.8) is 0 Å². The van der Waals surface area contributed by atoms with E-state index in [1.807, 2.05) is 17.0 Å². The summed E-state index contributed by atoms with van der Waals surface area (Å²) in [5, 5.41) is 9.48. The summed E-state index contributed by atoms with van der Waals surface area (Å²) >= 11 is 0. The Labute approximate surface area is 170 Å². The number of nitrogens with one attached hydrogen (secondary N) is 3. The molecule has 7 heteroatoms. The van der Waals surface area contributed by atoms with Crippen molar-refractivity contribution in [1.29, 1.82) is 0 Å². The van der Waals surface area contributed by atoms with Crippen LogP contribution in [0.3, 0.4) is 0 Å². The van der Waals surface area contributed by atoms with Crippen LogP contribution in [-0.2, 0) is 16.0 Å². The third-order valence-electron chi connectivity index (χ3n) is 7.06. The zero-order valence-corrected chi connectivity index (χ0v) is 16.6. The molecule has 5 rings (SSSR count). The van der Waals surface area contributed by atoms with Gasteiger partial charge in [-0.25, -0.2) is 0 Å². The molecule has 3 N–H and O–H groups in total. The van der Waals surface area contributed by atoms with E-state index >= 15 is 0 Å². The van der Waals surface area contributed by atoms with Crippen molar-refractivity contribution >= 4 is 23.4 Å². The third-order valence-corrected chi connectivity index (χ3v) is 7.06. The van der Waals surface area contributed by atoms with Crippen LogP contribution in [0.2, 0.25) is 0 Å². The average Bonchev–Trinajstić information content (AvgIpc) is 3.26. The van der Waals surface area contributed by atoms with Crippen molar-refractivity contribution in [1.82, 2.24) is 15.5 Å². The SMILES string of the molecule is O=C1CCC(C(=O)N2C[C@H]3CC[C@@H](C2)C3NC(=O)c2cccc3c2NCCC3)N1. The highest BCUT2D eigenvalue weighted by Crippen LogP contribution is 2.38. The molecule has 0 spiro atoms. The fourth-order valence-corrected chi connectivity index (χ4v) is 5.59. The summed E-state index contributed by atoms with van der Waals surface area (Å²) in [6.07, 6.45) is 5.19. The lowest BCUT2D eigenvalue weighted by Crippen LogP contribution is -2.56. The van der Waals surface area contributed by atoms with Crippen molar-refractivity contribution in [3.8, 4) is 0 Å². The van der Waals surface area contributed by atoms with Crippen LogP contribution in [0.1, 0.15) is 48.0 Å². The molecule has 0 aromatic heterocycles. The Kier molecular flexibility index (Phi) is 4.68. The summed E-state index contributed by atoms with van der Waals surface area (Å²) in [6.45, 7) is 2.23. The Morgan fingerprint density at radius 2 is 1.86 bits per heavy atom. The van der Waals surface area contributed by atoms with Gasteiger partial charge >= 0.3 is 0 Å². The fraction of sp³-hybridized carbons (Fsp3) is 0.591. The molecule has 4 atom stereocenters. The molecule has 2 unspecified atom stereocenters. The number of carbonyl (C=O) groups is 3. The number of fused-ring (bicyclic) bond motifs is 3. The van der Waals surface area contributed by atoms with Gasteiger partial charge in [0.15, 0.2) is 0 Å². The number of hydrogen-bond donors (Lipinski definition) is 3. The van der Waals surface area contributed by atoms with Gasteiger partial charge in [0.05, 0.1) is 11.3 Å². The molecule has 1 aromatic rings. The number of para-hydroxylation sites is 1. The maximum atomic E-state index is 13.1. The van der Waals surface area contributed by atoms with E-state index in [1.54, 1.807) is 0 Å². The van der Waals surface area contributed by atoms with Crippen molar-refractivity contribution < 1.29 is 14.4 Å². The molecule has 0 radical (unpaired) electrons. The van der Waals surface area contributed by atoms with Crippen LogP contribution in [0.4, 0.5) is 5.69 Å². The minimum Gasteiger partial charge on any atom is -0.384 e. The minimum absolute atomic E-state index is 0.0130. The van der Waals surface area contributed by atoms with Gasteiger partial charge in [0.2, 0.25) is 11.8 Å². The third kappa shape index (κ3) is 3.36. The smallest absolute Gasteiger partial charge is 0.253 e. The second-order valence-corrected chi connectivity index (χ2v) is 8.87. The number of aryl methyl sites for hydroxylation is 1. The first-order valence-corrected chi connectivity index (χ1v) is 10.8. The Balaban J connectivity index is 1.26. The van der Waals surface area contributed by atoms with Crippen LogP contribution in [0, 0.1) is 11.8 Å². The molecule has 3 heterocycles. The highest BCUT2D eigenvalue weighted by molar-refractivity contribution is 6.00. The lowest BCUT2D eigenvalue weighted by atomic mass is 9.91. The Morgan fingerprint density at radius 3 is 2.59 bits per heavy atom. The molecule has 2 bridgehead atoms. The van der Waals surface area contributed by atoms with Crippen molar-refractivity contribution in [2.75, 3.05) is 25.0 Å². The van der Waals surface area contributed by atoms with E-state index in [4.69, 9.17) is 0 Å². The predicted octanol–water partition coefficient (Wildman–Crippen LogP) is 1.29. The molecule has 1 saturated carbocycles. The molecule has 3 aliphatic heterocycles. The molecule has 2 saturated heterocycles. The van der Waals surface area contributed by atoms with E-state index < -0.39 is 0 Å². The second-order valence-electron chi connectivity index (χ2n) is 8.87. The lowest BCUT2D eigenvalue weighted by molar-refractivity contribution is -0.136. The number of carbonyl (C=O) groups excluding carboxylic acids is 3. The monoisotopic (exact) mass is 396 g/mol. The van der Waals surface area contributed by atoms with Gasteiger partial charge in [-0.3, -0.25) is 14.4 Å². The number of hydrogen-bond acceptors (Lipinski definition) is 4. The Bertz CT molecular complexity index is 840. The largest absolute Gasteiger partial charge is 0.384 e. The number of benzene rings is 1. The van der Waals surface area contributed by atoms with Crippen LogP contribution in [0.25, 0.3) is 0 Å². The first kappa shape index (κ1) is 18.5. The van der Waals surface area contributed by atoms with Gasteiger partial charge in [-0.05, 0) is 55.6 Å². The van der Waals surface area contributed by atoms with E-state index in [1.165, 1.54) is 5.56 Å². The normalized spacial score (nSPS) is 30.3. The molecule has 29 heavy (non-hydrogen) atoms. The number of likely N-dealkylation sites (tertiary alicyclic amines) is 1. The molecular weight excluding hydrogens is 368 g/mol. The van der Waals surface area contributed by atoms with Crippen LogP contribution in [-0.4, -0.2) is 54.3 Å².